The zero-order chi connectivity index (χ0) is 30.4. The number of hydrogen-bond acceptors (Lipinski definition) is 0. The van der Waals surface area contributed by atoms with Crippen molar-refractivity contribution in [2.45, 2.75) is 139 Å². The average molecular weight is 569 g/mol. The van der Waals surface area contributed by atoms with Crippen molar-refractivity contribution in [3.63, 3.8) is 0 Å². The monoisotopic (exact) mass is 569 g/mol. The Bertz CT molecular complexity index is 1180. The van der Waals surface area contributed by atoms with E-state index in [1.54, 1.807) is 5.56 Å². The zero-order valence-electron chi connectivity index (χ0n) is 28.1. The Labute approximate surface area is 262 Å². The van der Waals surface area contributed by atoms with Crippen molar-refractivity contribution in [3.05, 3.63) is 112 Å². The molecule has 3 aromatic rings. The van der Waals surface area contributed by atoms with Crippen molar-refractivity contribution in [2.75, 3.05) is 0 Å². The molecule has 0 bridgehead atoms. The lowest BCUT2D eigenvalue weighted by Gasteiger charge is -2.30. The van der Waals surface area contributed by atoms with Gasteiger partial charge in [0.15, 0.2) is 0 Å². The quantitative estimate of drug-likeness (QED) is 0.287. The van der Waals surface area contributed by atoms with Gasteiger partial charge in [0.05, 0.1) is 0 Å². The molecule has 0 saturated heterocycles. The molecule has 2 aliphatic rings. The van der Waals surface area contributed by atoms with Gasteiger partial charge in [-0.05, 0) is 107 Å². The van der Waals surface area contributed by atoms with Gasteiger partial charge in [0.2, 0.25) is 0 Å². The Balaban J connectivity index is 0.00000102. The van der Waals surface area contributed by atoms with Crippen molar-refractivity contribution >= 4 is 5.57 Å². The second-order valence-corrected chi connectivity index (χ2v) is 11.7. The van der Waals surface area contributed by atoms with Gasteiger partial charge in [0.1, 0.15) is 0 Å². The number of aryl methyl sites for hydroxylation is 3. The number of allylic oxidation sites excluding steroid dienone is 1. The minimum atomic E-state index is 0. The molecule has 0 nitrogen and oxygen atoms in total. The maximum atomic E-state index is 4.60. The molecule has 3 aromatic carbocycles. The van der Waals surface area contributed by atoms with Gasteiger partial charge in [0, 0.05) is 5.92 Å². The predicted octanol–water partition coefficient (Wildman–Crippen LogP) is 13.3. The lowest BCUT2D eigenvalue weighted by molar-refractivity contribution is 0.344. The van der Waals surface area contributed by atoms with E-state index in [0.29, 0.717) is 5.92 Å². The molecule has 0 N–H and O–H groups in total. The zero-order valence-corrected chi connectivity index (χ0v) is 28.1. The first-order valence-corrected chi connectivity index (χ1v) is 16.9. The molecular weight excluding hydrogens is 504 g/mol. The molecule has 1 fully saturated rings. The molecule has 0 amide bonds. The van der Waals surface area contributed by atoms with Gasteiger partial charge >= 0.3 is 0 Å². The van der Waals surface area contributed by atoms with Crippen molar-refractivity contribution in [1.29, 1.82) is 0 Å². The molecule has 3 atom stereocenters. The molecule has 232 valence electrons. The van der Waals surface area contributed by atoms with E-state index in [4.69, 9.17) is 0 Å². The number of hydrogen-bond donors (Lipinski definition) is 0. The lowest BCUT2D eigenvalue weighted by Crippen LogP contribution is -2.14. The van der Waals surface area contributed by atoms with Gasteiger partial charge < -0.3 is 0 Å². The summed E-state index contributed by atoms with van der Waals surface area (Å²) in [5, 5.41) is 0. The van der Waals surface area contributed by atoms with E-state index < -0.39 is 0 Å². The highest BCUT2D eigenvalue weighted by Gasteiger charge is 2.26. The first-order valence-electron chi connectivity index (χ1n) is 16.9. The molecular formula is C42H64. The molecule has 2 unspecified atom stereocenters. The first-order chi connectivity index (χ1) is 19.9. The van der Waals surface area contributed by atoms with Gasteiger partial charge in [-0.25, -0.2) is 0 Å². The van der Waals surface area contributed by atoms with Crippen LogP contribution in [0.25, 0.3) is 5.57 Å². The fraction of sp³-hybridized carbons (Fsp3) is 0.524. The van der Waals surface area contributed by atoms with Crippen molar-refractivity contribution in [1.82, 2.24) is 0 Å². The van der Waals surface area contributed by atoms with Crippen LogP contribution in [0.1, 0.15) is 158 Å². The third-order valence-corrected chi connectivity index (χ3v) is 8.58. The summed E-state index contributed by atoms with van der Waals surface area (Å²) in [4.78, 5) is 0. The highest BCUT2D eigenvalue weighted by atomic mass is 14.3. The van der Waals surface area contributed by atoms with Crippen LogP contribution in [0.3, 0.4) is 0 Å². The van der Waals surface area contributed by atoms with E-state index in [0.717, 1.165) is 31.1 Å². The summed E-state index contributed by atoms with van der Waals surface area (Å²) in [5.41, 5.74) is 13.0. The summed E-state index contributed by atoms with van der Waals surface area (Å²) >= 11 is 0. The van der Waals surface area contributed by atoms with Crippen molar-refractivity contribution in [2.24, 2.45) is 5.92 Å². The van der Waals surface area contributed by atoms with E-state index >= 15 is 0 Å². The third-order valence-electron chi connectivity index (χ3n) is 8.58. The largest absolute Gasteiger partial charge is 0.0946 e. The Kier molecular flexibility index (Phi) is 17.4. The molecule has 42 heavy (non-hydrogen) atoms. The molecule has 0 aliphatic heterocycles. The minimum absolute atomic E-state index is 0. The van der Waals surface area contributed by atoms with Gasteiger partial charge in [0.25, 0.3) is 0 Å². The Hall–Kier alpha value is -2.60. The molecule has 5 rings (SSSR count). The highest BCUT2D eigenvalue weighted by Crippen LogP contribution is 2.43. The van der Waals surface area contributed by atoms with Crippen molar-refractivity contribution < 1.29 is 0 Å². The van der Waals surface area contributed by atoms with Gasteiger partial charge in [-0.2, -0.15) is 0 Å². The fourth-order valence-corrected chi connectivity index (χ4v) is 6.69. The van der Waals surface area contributed by atoms with Crippen LogP contribution in [0.5, 0.6) is 0 Å². The Morgan fingerprint density at radius 1 is 0.810 bits per heavy atom. The van der Waals surface area contributed by atoms with Gasteiger partial charge in [-0.15, -0.1) is 0 Å². The highest BCUT2D eigenvalue weighted by molar-refractivity contribution is 5.75. The van der Waals surface area contributed by atoms with Crippen LogP contribution < -0.4 is 0 Å². The Morgan fingerprint density at radius 3 is 2.07 bits per heavy atom. The van der Waals surface area contributed by atoms with Crippen molar-refractivity contribution in [3.8, 4) is 0 Å². The second-order valence-electron chi connectivity index (χ2n) is 11.7. The van der Waals surface area contributed by atoms with Crippen LogP contribution in [0.4, 0.5) is 0 Å². The maximum absolute atomic E-state index is 4.60. The van der Waals surface area contributed by atoms with Crippen LogP contribution in [-0.4, -0.2) is 0 Å². The molecule has 0 aromatic heterocycles. The minimum Gasteiger partial charge on any atom is -0.0946 e. The molecule has 2 aliphatic carbocycles. The topological polar surface area (TPSA) is 0 Å². The van der Waals surface area contributed by atoms with E-state index in [-0.39, 0.29) is 7.43 Å². The van der Waals surface area contributed by atoms with E-state index in [1.165, 1.54) is 83.0 Å². The van der Waals surface area contributed by atoms with Crippen LogP contribution in [0.15, 0.2) is 67.2 Å². The van der Waals surface area contributed by atoms with E-state index in [9.17, 15) is 0 Å². The predicted molar refractivity (Wildman–Crippen MR) is 192 cm³/mol. The van der Waals surface area contributed by atoms with Crippen LogP contribution in [-0.2, 0) is 19.3 Å². The smallest absolute Gasteiger partial charge is 0.00980 e. The van der Waals surface area contributed by atoms with Crippen LogP contribution in [0.2, 0.25) is 0 Å². The standard InChI is InChI=1S/C34H40.C3H8.2C2H6.CH4/c1-5-28-10-7-9-24(3)34(28)33-19-17-31-22-27(14-18-32(31)25(33)4)21-26-12-15-29(16-13-26)30-11-6-8-23(2)20-30;1-3-2;2*1-2;/h7,9-10,12-16,18,22-23,30,33H,4-6,8,11,17,19-21H2,1-3H3;3H2,1-2H3;2*1-2H3;1H4/t23-,30?,33?;;;;/m0..../s1. The summed E-state index contributed by atoms with van der Waals surface area (Å²) < 4.78 is 0. The summed E-state index contributed by atoms with van der Waals surface area (Å²) in [7, 11) is 0. The molecule has 0 heteroatoms. The fourth-order valence-electron chi connectivity index (χ4n) is 6.69. The Morgan fingerprint density at radius 2 is 1.45 bits per heavy atom. The second kappa shape index (κ2) is 19.6. The van der Waals surface area contributed by atoms with Crippen LogP contribution >= 0.6 is 0 Å². The average Bonchev–Trinajstić information content (AvgIpc) is 3.00. The molecule has 0 spiro atoms. The SMILES string of the molecule is C.C=C1c2ccc(Cc3ccc(C4CCC[C@H](C)C4)cc3)cc2CCC1c1c(C)cccc1CC.CC.CC.CCC. The summed E-state index contributed by atoms with van der Waals surface area (Å²) in [6, 6.07) is 23.4. The summed E-state index contributed by atoms with van der Waals surface area (Å²) in [5.74, 6) is 2.09. The number of fused-ring (bicyclic) bond motifs is 1. The lowest BCUT2D eigenvalue weighted by atomic mass is 9.74. The number of rotatable bonds is 5. The summed E-state index contributed by atoms with van der Waals surface area (Å²) in [6.07, 6.45) is 11.2. The van der Waals surface area contributed by atoms with E-state index in [1.807, 2.05) is 27.7 Å². The molecule has 0 radical (unpaired) electrons. The normalized spacial score (nSPS) is 18.9. The van der Waals surface area contributed by atoms with Gasteiger partial charge in [-0.1, -0.05) is 149 Å². The summed E-state index contributed by atoms with van der Waals surface area (Å²) in [6.45, 7) is 23.8. The van der Waals surface area contributed by atoms with Crippen LogP contribution in [0, 0.1) is 12.8 Å². The molecule has 0 heterocycles. The first kappa shape index (κ1) is 37.4. The van der Waals surface area contributed by atoms with E-state index in [2.05, 4.69) is 102 Å². The maximum Gasteiger partial charge on any atom is 0.00980 e. The number of benzene rings is 3. The van der Waals surface area contributed by atoms with Gasteiger partial charge in [-0.3, -0.25) is 0 Å². The third kappa shape index (κ3) is 9.72. The molecule has 1 saturated carbocycles.